The number of carbonyl (C=O) groups excluding carboxylic acids is 1. The average molecular weight is 403 g/mol. The molecule has 0 saturated carbocycles. The highest BCUT2D eigenvalue weighted by molar-refractivity contribution is 7.22. The van der Waals surface area contributed by atoms with Crippen LogP contribution in [0.15, 0.2) is 36.4 Å². The van der Waals surface area contributed by atoms with Crippen molar-refractivity contribution in [3.05, 3.63) is 41.6 Å². The first-order valence-electron chi connectivity index (χ1n) is 8.92. The lowest BCUT2D eigenvalue weighted by atomic mass is 9.95. The highest BCUT2D eigenvalue weighted by atomic mass is 35.5. The molecule has 1 aromatic carbocycles. The fourth-order valence-corrected chi connectivity index (χ4v) is 3.68. The molecule has 1 N–H and O–H groups in total. The normalized spacial score (nSPS) is 11.6. The van der Waals surface area contributed by atoms with Crippen molar-refractivity contribution in [3.63, 3.8) is 0 Å². The van der Waals surface area contributed by atoms with Gasteiger partial charge in [-0.15, -0.1) is 11.3 Å². The van der Waals surface area contributed by atoms with Crippen LogP contribution in [0.5, 0.6) is 5.75 Å². The molecule has 6 heteroatoms. The predicted octanol–water partition coefficient (Wildman–Crippen LogP) is 6.39. The summed E-state index contributed by atoms with van der Waals surface area (Å²) in [6, 6.07) is 11.9. The zero-order chi connectivity index (χ0) is 19.6. The van der Waals surface area contributed by atoms with Gasteiger partial charge in [-0.05, 0) is 48.2 Å². The summed E-state index contributed by atoms with van der Waals surface area (Å²) in [6.45, 7) is 8.36. The Morgan fingerprint density at radius 3 is 2.67 bits per heavy atom. The number of thiophene rings is 1. The Kier molecular flexibility index (Phi) is 5.72. The SMILES string of the molecule is CCCOc1ccc2cc(-c3ccc(NC(=O)C(C)(C)C)c(Cl)n3)sc2c1. The van der Waals surface area contributed by atoms with Gasteiger partial charge in [0.25, 0.3) is 0 Å². The van der Waals surface area contributed by atoms with Crippen LogP contribution in [0.1, 0.15) is 34.1 Å². The zero-order valence-corrected chi connectivity index (χ0v) is 17.5. The largest absolute Gasteiger partial charge is 0.494 e. The number of hydrogen-bond donors (Lipinski definition) is 1. The molecule has 0 spiro atoms. The van der Waals surface area contributed by atoms with Gasteiger partial charge in [-0.1, -0.05) is 39.3 Å². The van der Waals surface area contributed by atoms with E-state index in [0.717, 1.165) is 32.8 Å². The summed E-state index contributed by atoms with van der Waals surface area (Å²) in [4.78, 5) is 17.7. The molecule has 4 nitrogen and oxygen atoms in total. The van der Waals surface area contributed by atoms with Gasteiger partial charge in [0.15, 0.2) is 5.15 Å². The van der Waals surface area contributed by atoms with E-state index in [4.69, 9.17) is 16.3 Å². The van der Waals surface area contributed by atoms with Crippen LogP contribution in [0.25, 0.3) is 20.7 Å². The van der Waals surface area contributed by atoms with E-state index < -0.39 is 5.41 Å². The molecule has 0 aliphatic rings. The van der Waals surface area contributed by atoms with Crippen LogP contribution in [-0.4, -0.2) is 17.5 Å². The maximum atomic E-state index is 12.2. The third-order valence-electron chi connectivity index (χ3n) is 3.99. The molecule has 0 bridgehead atoms. The van der Waals surface area contributed by atoms with Gasteiger partial charge >= 0.3 is 0 Å². The second-order valence-corrected chi connectivity index (χ2v) is 8.84. The number of carbonyl (C=O) groups is 1. The van der Waals surface area contributed by atoms with Gasteiger partial charge < -0.3 is 10.1 Å². The molecule has 0 unspecified atom stereocenters. The number of nitrogens with zero attached hydrogens (tertiary/aromatic N) is 1. The van der Waals surface area contributed by atoms with E-state index in [-0.39, 0.29) is 11.1 Å². The number of rotatable bonds is 5. The molecular formula is C21H23ClN2O2S. The first kappa shape index (κ1) is 19.6. The van der Waals surface area contributed by atoms with Gasteiger partial charge in [0.2, 0.25) is 5.91 Å². The number of amides is 1. The van der Waals surface area contributed by atoms with Crippen molar-refractivity contribution in [2.45, 2.75) is 34.1 Å². The van der Waals surface area contributed by atoms with Crippen LogP contribution in [-0.2, 0) is 4.79 Å². The van der Waals surface area contributed by atoms with Crippen LogP contribution in [0, 0.1) is 5.41 Å². The number of hydrogen-bond acceptors (Lipinski definition) is 4. The maximum Gasteiger partial charge on any atom is 0.229 e. The molecule has 142 valence electrons. The van der Waals surface area contributed by atoms with Crippen molar-refractivity contribution in [1.29, 1.82) is 0 Å². The Morgan fingerprint density at radius 1 is 1.22 bits per heavy atom. The van der Waals surface area contributed by atoms with E-state index in [1.807, 2.05) is 32.9 Å². The van der Waals surface area contributed by atoms with Gasteiger partial charge in [-0.2, -0.15) is 0 Å². The predicted molar refractivity (Wildman–Crippen MR) is 114 cm³/mol. The molecule has 2 aromatic heterocycles. The number of ether oxygens (including phenoxy) is 1. The van der Waals surface area contributed by atoms with Crippen molar-refractivity contribution in [1.82, 2.24) is 4.98 Å². The minimum Gasteiger partial charge on any atom is -0.494 e. The molecule has 0 radical (unpaired) electrons. The molecule has 0 fully saturated rings. The monoisotopic (exact) mass is 402 g/mol. The third kappa shape index (κ3) is 4.60. The zero-order valence-electron chi connectivity index (χ0n) is 15.9. The number of benzene rings is 1. The van der Waals surface area contributed by atoms with E-state index in [9.17, 15) is 4.79 Å². The minimum absolute atomic E-state index is 0.0968. The van der Waals surface area contributed by atoms with Gasteiger partial charge in [-0.3, -0.25) is 4.79 Å². The van der Waals surface area contributed by atoms with E-state index >= 15 is 0 Å². The molecule has 0 atom stereocenters. The lowest BCUT2D eigenvalue weighted by molar-refractivity contribution is -0.123. The topological polar surface area (TPSA) is 51.2 Å². The van der Waals surface area contributed by atoms with E-state index in [1.54, 1.807) is 17.4 Å². The Labute approximate surface area is 168 Å². The summed E-state index contributed by atoms with van der Waals surface area (Å²) in [6.07, 6.45) is 0.980. The Bertz CT molecular complexity index is 976. The second-order valence-electron chi connectivity index (χ2n) is 7.40. The lowest BCUT2D eigenvalue weighted by Gasteiger charge is -2.18. The number of pyridine rings is 1. The van der Waals surface area contributed by atoms with Crippen molar-refractivity contribution in [3.8, 4) is 16.3 Å². The van der Waals surface area contributed by atoms with E-state index in [1.165, 1.54) is 0 Å². The molecule has 3 aromatic rings. The van der Waals surface area contributed by atoms with Crippen molar-refractivity contribution in [2.24, 2.45) is 5.41 Å². The number of halogens is 1. The molecule has 1 amide bonds. The summed E-state index contributed by atoms with van der Waals surface area (Å²) in [5.74, 6) is 0.782. The first-order valence-corrected chi connectivity index (χ1v) is 10.1. The van der Waals surface area contributed by atoms with Gasteiger partial charge in [0.05, 0.1) is 22.9 Å². The molecule has 2 heterocycles. The number of nitrogens with one attached hydrogen (secondary N) is 1. The summed E-state index contributed by atoms with van der Waals surface area (Å²) >= 11 is 7.96. The number of fused-ring (bicyclic) bond motifs is 1. The summed E-state index contributed by atoms with van der Waals surface area (Å²) in [7, 11) is 0. The molecule has 0 saturated heterocycles. The van der Waals surface area contributed by atoms with Crippen molar-refractivity contribution in [2.75, 3.05) is 11.9 Å². The second kappa shape index (κ2) is 7.87. The Balaban J connectivity index is 1.86. The minimum atomic E-state index is -0.495. The fraction of sp³-hybridized carbons (Fsp3) is 0.333. The summed E-state index contributed by atoms with van der Waals surface area (Å²) in [5, 5.41) is 4.26. The Hall–Kier alpha value is -2.11. The molecule has 27 heavy (non-hydrogen) atoms. The van der Waals surface area contributed by atoms with Crippen LogP contribution in [0.3, 0.4) is 0 Å². The fourth-order valence-electron chi connectivity index (χ4n) is 2.42. The van der Waals surface area contributed by atoms with E-state index in [0.29, 0.717) is 12.3 Å². The quantitative estimate of drug-likeness (QED) is 0.503. The standard InChI is InChI=1S/C21H23ClN2O2S/c1-5-10-26-14-7-6-13-11-18(27-17(13)12-14)15-8-9-16(19(22)23-15)24-20(25)21(2,3)4/h6-9,11-12H,5,10H2,1-4H3,(H,24,25). The molecule has 3 rings (SSSR count). The molecule has 0 aliphatic carbocycles. The highest BCUT2D eigenvalue weighted by Crippen LogP contribution is 2.36. The average Bonchev–Trinajstić information content (AvgIpc) is 3.04. The third-order valence-corrected chi connectivity index (χ3v) is 5.40. The first-order chi connectivity index (χ1) is 12.8. The smallest absolute Gasteiger partial charge is 0.229 e. The van der Waals surface area contributed by atoms with Crippen LogP contribution in [0.2, 0.25) is 5.15 Å². The molecule has 0 aliphatic heterocycles. The summed E-state index contributed by atoms with van der Waals surface area (Å²) < 4.78 is 6.85. The van der Waals surface area contributed by atoms with Gasteiger partial charge in [0.1, 0.15) is 5.75 Å². The van der Waals surface area contributed by atoms with Crippen molar-refractivity contribution >= 4 is 44.6 Å². The lowest BCUT2D eigenvalue weighted by Crippen LogP contribution is -2.27. The van der Waals surface area contributed by atoms with Gasteiger partial charge in [-0.25, -0.2) is 4.98 Å². The number of aromatic nitrogens is 1. The summed E-state index contributed by atoms with van der Waals surface area (Å²) in [5.41, 5.74) is 0.813. The molecular weight excluding hydrogens is 380 g/mol. The van der Waals surface area contributed by atoms with E-state index in [2.05, 4.69) is 35.4 Å². The Morgan fingerprint density at radius 2 is 2.00 bits per heavy atom. The number of anilines is 1. The van der Waals surface area contributed by atoms with Crippen LogP contribution in [0.4, 0.5) is 5.69 Å². The highest BCUT2D eigenvalue weighted by Gasteiger charge is 2.22. The maximum absolute atomic E-state index is 12.2. The van der Waals surface area contributed by atoms with Crippen LogP contribution >= 0.6 is 22.9 Å². The van der Waals surface area contributed by atoms with Crippen molar-refractivity contribution < 1.29 is 9.53 Å². The van der Waals surface area contributed by atoms with Crippen LogP contribution < -0.4 is 10.1 Å². The van der Waals surface area contributed by atoms with Gasteiger partial charge in [0, 0.05) is 10.1 Å².